The Kier molecular flexibility index (Phi) is 6.23. The lowest BCUT2D eigenvalue weighted by Gasteiger charge is -2.36. The number of carbonyl (C=O) groups is 1. The minimum Gasteiger partial charge on any atom is -0.480 e. The molecule has 1 aliphatic rings. The quantitative estimate of drug-likeness (QED) is 0.633. The number of anilines is 1. The standard InChI is InChI=1S/C24H26N4O2/c1-30-23-13-12-22(25-26-23)27-14-16-28(17-15-27)24(29)18-21(19-8-4-2-5-9-19)20-10-6-3-7-11-20/h2-13,21H,14-18H2,1H3. The van der Waals surface area contributed by atoms with Crippen molar-refractivity contribution in [3.05, 3.63) is 83.9 Å². The number of aromatic nitrogens is 2. The number of benzene rings is 2. The van der Waals surface area contributed by atoms with Gasteiger partial charge in [-0.05, 0) is 17.2 Å². The fourth-order valence-electron chi connectivity index (χ4n) is 3.88. The van der Waals surface area contributed by atoms with Crippen molar-refractivity contribution in [1.82, 2.24) is 15.1 Å². The number of hydrogen-bond acceptors (Lipinski definition) is 5. The Labute approximate surface area is 177 Å². The van der Waals surface area contributed by atoms with Crippen LogP contribution in [0.4, 0.5) is 5.82 Å². The minimum atomic E-state index is 0.0605. The zero-order chi connectivity index (χ0) is 20.8. The Hall–Kier alpha value is -3.41. The molecule has 1 amide bonds. The zero-order valence-electron chi connectivity index (χ0n) is 17.1. The largest absolute Gasteiger partial charge is 0.480 e. The van der Waals surface area contributed by atoms with Crippen molar-refractivity contribution in [3.63, 3.8) is 0 Å². The van der Waals surface area contributed by atoms with E-state index in [-0.39, 0.29) is 11.8 Å². The number of carbonyl (C=O) groups excluding carboxylic acids is 1. The van der Waals surface area contributed by atoms with Crippen molar-refractivity contribution in [2.24, 2.45) is 0 Å². The summed E-state index contributed by atoms with van der Waals surface area (Å²) >= 11 is 0. The Bertz CT molecular complexity index is 900. The van der Waals surface area contributed by atoms with Gasteiger partial charge in [0.25, 0.3) is 0 Å². The lowest BCUT2D eigenvalue weighted by molar-refractivity contribution is -0.131. The molecule has 4 rings (SSSR count). The highest BCUT2D eigenvalue weighted by molar-refractivity contribution is 5.78. The smallest absolute Gasteiger partial charge is 0.233 e. The number of rotatable bonds is 6. The van der Waals surface area contributed by atoms with E-state index < -0.39 is 0 Å². The number of ether oxygens (including phenoxy) is 1. The first-order valence-corrected chi connectivity index (χ1v) is 10.2. The summed E-state index contributed by atoms with van der Waals surface area (Å²) in [5, 5.41) is 8.26. The van der Waals surface area contributed by atoms with E-state index in [1.54, 1.807) is 7.11 Å². The van der Waals surface area contributed by atoms with Crippen LogP contribution in [0.1, 0.15) is 23.5 Å². The van der Waals surface area contributed by atoms with Gasteiger partial charge in [-0.25, -0.2) is 0 Å². The van der Waals surface area contributed by atoms with Crippen LogP contribution in [0.5, 0.6) is 5.88 Å². The molecular weight excluding hydrogens is 376 g/mol. The van der Waals surface area contributed by atoms with E-state index >= 15 is 0 Å². The summed E-state index contributed by atoms with van der Waals surface area (Å²) in [7, 11) is 1.58. The molecule has 0 bridgehead atoms. The maximum atomic E-state index is 13.1. The SMILES string of the molecule is COc1ccc(N2CCN(C(=O)CC(c3ccccc3)c3ccccc3)CC2)nn1. The van der Waals surface area contributed by atoms with Crippen molar-refractivity contribution in [2.45, 2.75) is 12.3 Å². The Balaban J connectivity index is 1.41. The third-order valence-electron chi connectivity index (χ3n) is 5.57. The van der Waals surface area contributed by atoms with Crippen LogP contribution in [0.2, 0.25) is 0 Å². The fraction of sp³-hybridized carbons (Fsp3) is 0.292. The van der Waals surface area contributed by atoms with Gasteiger partial charge in [-0.3, -0.25) is 4.79 Å². The van der Waals surface area contributed by atoms with Crippen LogP contribution in [0.15, 0.2) is 72.8 Å². The summed E-state index contributed by atoms with van der Waals surface area (Å²) in [5.41, 5.74) is 2.34. The Morgan fingerprint density at radius 2 is 1.47 bits per heavy atom. The van der Waals surface area contributed by atoms with Crippen LogP contribution in [0.3, 0.4) is 0 Å². The second-order valence-corrected chi connectivity index (χ2v) is 7.38. The molecule has 30 heavy (non-hydrogen) atoms. The van der Waals surface area contributed by atoms with Crippen LogP contribution in [-0.4, -0.2) is 54.3 Å². The van der Waals surface area contributed by atoms with Gasteiger partial charge in [-0.1, -0.05) is 60.7 Å². The molecule has 1 aromatic heterocycles. The normalized spacial score (nSPS) is 14.1. The molecule has 1 fully saturated rings. The molecule has 0 saturated carbocycles. The third-order valence-corrected chi connectivity index (χ3v) is 5.57. The molecule has 0 spiro atoms. The van der Waals surface area contributed by atoms with E-state index in [0.717, 1.165) is 18.9 Å². The van der Waals surface area contributed by atoms with Gasteiger partial charge in [0.05, 0.1) is 7.11 Å². The van der Waals surface area contributed by atoms with Gasteiger partial charge in [0.15, 0.2) is 5.82 Å². The van der Waals surface area contributed by atoms with E-state index in [1.165, 1.54) is 11.1 Å². The van der Waals surface area contributed by atoms with Crippen LogP contribution < -0.4 is 9.64 Å². The topological polar surface area (TPSA) is 58.6 Å². The summed E-state index contributed by atoms with van der Waals surface area (Å²) < 4.78 is 5.07. The molecule has 6 nitrogen and oxygen atoms in total. The summed E-state index contributed by atoms with van der Waals surface area (Å²) in [4.78, 5) is 17.3. The molecule has 154 valence electrons. The second kappa shape index (κ2) is 9.39. The van der Waals surface area contributed by atoms with E-state index in [0.29, 0.717) is 25.4 Å². The van der Waals surface area contributed by atoms with E-state index in [4.69, 9.17) is 4.74 Å². The molecule has 0 atom stereocenters. The van der Waals surface area contributed by atoms with Crippen molar-refractivity contribution < 1.29 is 9.53 Å². The predicted molar refractivity (Wildman–Crippen MR) is 117 cm³/mol. The van der Waals surface area contributed by atoms with E-state index in [1.807, 2.05) is 53.4 Å². The summed E-state index contributed by atoms with van der Waals surface area (Å²) in [6, 6.07) is 24.3. The van der Waals surface area contributed by atoms with Crippen LogP contribution in [-0.2, 0) is 4.79 Å². The summed E-state index contributed by atoms with van der Waals surface area (Å²) in [6.45, 7) is 2.86. The van der Waals surface area contributed by atoms with Crippen LogP contribution in [0.25, 0.3) is 0 Å². The first-order valence-electron chi connectivity index (χ1n) is 10.2. The van der Waals surface area contributed by atoms with Gasteiger partial charge in [0.2, 0.25) is 11.8 Å². The number of methoxy groups -OCH3 is 1. The molecule has 0 radical (unpaired) electrons. The van der Waals surface area contributed by atoms with Gasteiger partial charge >= 0.3 is 0 Å². The van der Waals surface area contributed by atoms with Gasteiger partial charge in [-0.15, -0.1) is 10.2 Å². The molecule has 1 saturated heterocycles. The Morgan fingerprint density at radius 1 is 0.867 bits per heavy atom. The molecular formula is C24H26N4O2. The predicted octanol–water partition coefficient (Wildman–Crippen LogP) is 3.36. The van der Waals surface area contributed by atoms with E-state index in [2.05, 4.69) is 39.4 Å². The number of amides is 1. The maximum absolute atomic E-state index is 13.1. The van der Waals surface area contributed by atoms with Crippen molar-refractivity contribution in [1.29, 1.82) is 0 Å². The number of hydrogen-bond donors (Lipinski definition) is 0. The molecule has 0 unspecified atom stereocenters. The minimum absolute atomic E-state index is 0.0605. The van der Waals surface area contributed by atoms with Crippen LogP contribution in [0, 0.1) is 0 Å². The lowest BCUT2D eigenvalue weighted by atomic mass is 9.88. The molecule has 1 aliphatic heterocycles. The number of nitrogens with zero attached hydrogens (tertiary/aromatic N) is 4. The van der Waals surface area contributed by atoms with Gasteiger partial charge in [0, 0.05) is 44.6 Å². The van der Waals surface area contributed by atoms with Gasteiger partial charge < -0.3 is 14.5 Å². The average molecular weight is 402 g/mol. The zero-order valence-corrected chi connectivity index (χ0v) is 17.1. The lowest BCUT2D eigenvalue weighted by Crippen LogP contribution is -2.49. The van der Waals surface area contributed by atoms with E-state index in [9.17, 15) is 4.79 Å². The Morgan fingerprint density at radius 3 is 1.97 bits per heavy atom. The first-order chi connectivity index (χ1) is 14.7. The highest BCUT2D eigenvalue weighted by atomic mass is 16.5. The second-order valence-electron chi connectivity index (χ2n) is 7.38. The average Bonchev–Trinajstić information content (AvgIpc) is 2.83. The van der Waals surface area contributed by atoms with Crippen molar-refractivity contribution >= 4 is 11.7 Å². The molecule has 6 heteroatoms. The molecule has 2 heterocycles. The molecule has 0 N–H and O–H groups in total. The summed E-state index contributed by atoms with van der Waals surface area (Å²) in [5.74, 6) is 1.56. The van der Waals surface area contributed by atoms with Crippen LogP contribution >= 0.6 is 0 Å². The molecule has 2 aromatic carbocycles. The van der Waals surface area contributed by atoms with Crippen molar-refractivity contribution in [3.8, 4) is 5.88 Å². The van der Waals surface area contributed by atoms with Gasteiger partial charge in [0.1, 0.15) is 0 Å². The fourth-order valence-corrected chi connectivity index (χ4v) is 3.88. The monoisotopic (exact) mass is 402 g/mol. The molecule has 3 aromatic rings. The number of piperazine rings is 1. The highest BCUT2D eigenvalue weighted by Crippen LogP contribution is 2.29. The molecule has 0 aliphatic carbocycles. The maximum Gasteiger partial charge on any atom is 0.233 e. The highest BCUT2D eigenvalue weighted by Gasteiger charge is 2.25. The third kappa shape index (κ3) is 4.59. The van der Waals surface area contributed by atoms with Gasteiger partial charge in [-0.2, -0.15) is 0 Å². The first kappa shape index (κ1) is 19.9. The summed E-state index contributed by atoms with van der Waals surface area (Å²) in [6.07, 6.45) is 0.469. The van der Waals surface area contributed by atoms with Crippen molar-refractivity contribution in [2.75, 3.05) is 38.2 Å².